The van der Waals surface area contributed by atoms with Crippen molar-refractivity contribution in [3.63, 3.8) is 0 Å². The third kappa shape index (κ3) is 11.8. The van der Waals surface area contributed by atoms with E-state index in [1.165, 1.54) is 26.2 Å². The molecule has 0 aliphatic carbocycles. The van der Waals surface area contributed by atoms with Crippen LogP contribution < -0.4 is 0 Å². The molecule has 0 spiro atoms. The largest absolute Gasteiger partial charge is 0.380 e. The van der Waals surface area contributed by atoms with Crippen LogP contribution in [0.5, 0.6) is 0 Å². The topological polar surface area (TPSA) is 20.2 Å². The maximum Gasteiger partial charge on any atom is -0.00391 e. The summed E-state index contributed by atoms with van der Waals surface area (Å²) in [7, 11) is 1.42. The first-order valence-electron chi connectivity index (χ1n) is 8.08. The minimum atomic E-state index is 1.17. The Balaban J connectivity index is 0.000000344. The fraction of sp³-hybridized carbons (Fsp3) is 0. The second kappa shape index (κ2) is 17.1. The number of hydrogen-bond donors (Lipinski definition) is 1. The number of benzene rings is 3. The Kier molecular flexibility index (Phi) is 15.3. The van der Waals surface area contributed by atoms with Gasteiger partial charge in [-0.15, -0.1) is 0 Å². The second-order valence-corrected chi connectivity index (χ2v) is 4.84. The van der Waals surface area contributed by atoms with Crippen LogP contribution >= 0.6 is 9.47 Å². The van der Waals surface area contributed by atoms with Gasteiger partial charge < -0.3 is 4.89 Å². The highest BCUT2D eigenvalue weighted by Gasteiger charge is 1.77. The van der Waals surface area contributed by atoms with Gasteiger partial charge in [-0.2, -0.15) is 0 Å². The van der Waals surface area contributed by atoms with Gasteiger partial charge in [0, 0.05) is 0 Å². The van der Waals surface area contributed by atoms with Crippen LogP contribution in [0.15, 0.2) is 111 Å². The van der Waals surface area contributed by atoms with Gasteiger partial charge in [0.05, 0.1) is 0 Å². The molecule has 3 aromatic carbocycles. The van der Waals surface area contributed by atoms with Crippen molar-refractivity contribution < 1.29 is 4.89 Å². The average Bonchev–Trinajstić information content (AvgIpc) is 2.77. The summed E-state index contributed by atoms with van der Waals surface area (Å²) in [6, 6.07) is 30.1. The van der Waals surface area contributed by atoms with Crippen LogP contribution in [0.4, 0.5) is 0 Å². The lowest BCUT2D eigenvalue weighted by Gasteiger charge is -1.85. The maximum absolute atomic E-state index is 6.92. The number of rotatable bonds is 3. The lowest BCUT2D eigenvalue weighted by atomic mass is 10.2. The monoisotopic (exact) mass is 362 g/mol. The van der Waals surface area contributed by atoms with Crippen LogP contribution in [0.1, 0.15) is 16.7 Å². The normalized spacial score (nSPS) is 8.08. The Labute approximate surface area is 160 Å². The zero-order valence-electron chi connectivity index (χ0n) is 15.0. The predicted octanol–water partition coefficient (Wildman–Crippen LogP) is 6.76. The molecule has 0 bridgehead atoms. The molecule has 0 heterocycles. The summed E-state index contributed by atoms with van der Waals surface area (Å²) in [4.78, 5) is 6.92. The maximum atomic E-state index is 6.92. The average molecular weight is 362 g/mol. The van der Waals surface area contributed by atoms with Crippen molar-refractivity contribution in [2.45, 2.75) is 0 Å². The molecule has 0 saturated carbocycles. The zero-order valence-corrected chi connectivity index (χ0v) is 16.2. The van der Waals surface area contributed by atoms with Gasteiger partial charge in [0.2, 0.25) is 0 Å². The van der Waals surface area contributed by atoms with Gasteiger partial charge in [-0.05, 0) is 26.2 Å². The van der Waals surface area contributed by atoms with Crippen molar-refractivity contribution in [1.29, 1.82) is 0 Å². The Bertz CT molecular complexity index is 604. The molecule has 3 aromatic rings. The van der Waals surface area contributed by atoms with Crippen LogP contribution in [-0.4, -0.2) is 4.89 Å². The Morgan fingerprint density at radius 1 is 0.462 bits per heavy atom. The Morgan fingerprint density at radius 3 is 0.769 bits per heavy atom. The van der Waals surface area contributed by atoms with E-state index in [2.05, 4.69) is 19.7 Å². The van der Waals surface area contributed by atoms with Crippen molar-refractivity contribution >= 4 is 27.7 Å². The van der Waals surface area contributed by atoms with Gasteiger partial charge in [-0.3, -0.25) is 0 Å². The predicted molar refractivity (Wildman–Crippen MR) is 122 cm³/mol. The number of hydrogen-bond acceptors (Lipinski definition) is 1. The molecular weight excluding hydrogens is 335 g/mol. The molecule has 0 amide bonds. The van der Waals surface area contributed by atoms with Crippen LogP contribution in [0.2, 0.25) is 0 Å². The molecule has 3 rings (SSSR count). The van der Waals surface area contributed by atoms with E-state index in [4.69, 9.17) is 4.89 Å². The molecule has 134 valence electrons. The molecule has 0 fully saturated rings. The first-order chi connectivity index (χ1) is 12.8. The first-order valence-corrected chi connectivity index (χ1v) is 8.60. The van der Waals surface area contributed by atoms with Gasteiger partial charge >= 0.3 is 0 Å². The summed E-state index contributed by atoms with van der Waals surface area (Å²) in [5.41, 5.74) is 3.52. The SMILES string of the molecule is C=Cc1ccccc1.C=Cc1ccccc1.C=Cc1ccccc1.OP. The summed E-state index contributed by atoms with van der Waals surface area (Å²) in [5, 5.41) is 0. The molecule has 0 saturated heterocycles. The van der Waals surface area contributed by atoms with E-state index in [1.54, 1.807) is 0 Å². The molecule has 1 atom stereocenters. The first kappa shape index (κ1) is 23.3. The highest BCUT2D eigenvalue weighted by molar-refractivity contribution is 7.08. The summed E-state index contributed by atoms with van der Waals surface area (Å²) in [6.45, 7) is 10.9. The van der Waals surface area contributed by atoms with Crippen LogP contribution in [-0.2, 0) is 0 Å². The fourth-order valence-corrected chi connectivity index (χ4v) is 1.77. The summed E-state index contributed by atoms with van der Waals surface area (Å²) < 4.78 is 0. The quantitative estimate of drug-likeness (QED) is 0.511. The van der Waals surface area contributed by atoms with E-state index in [0.29, 0.717) is 0 Å². The molecule has 0 aliphatic heterocycles. The standard InChI is InChI=1S/3C8H8.H3OP/c3*1-2-8-6-4-3-5-7-8;1-2/h3*2-7H,1H2;1H,2H2. The zero-order chi connectivity index (χ0) is 19.5. The van der Waals surface area contributed by atoms with Crippen molar-refractivity contribution in [3.05, 3.63) is 127 Å². The second-order valence-electron chi connectivity index (χ2n) is 4.84. The van der Waals surface area contributed by atoms with Crippen molar-refractivity contribution in [3.8, 4) is 0 Å². The van der Waals surface area contributed by atoms with Crippen LogP contribution in [0.25, 0.3) is 18.2 Å². The summed E-state index contributed by atoms with van der Waals surface area (Å²) in [5.74, 6) is 0. The molecule has 26 heavy (non-hydrogen) atoms. The van der Waals surface area contributed by atoms with Gasteiger partial charge in [-0.1, -0.05) is 129 Å². The Hall–Kier alpha value is -2.73. The fourth-order valence-electron chi connectivity index (χ4n) is 1.77. The third-order valence-electron chi connectivity index (χ3n) is 3.11. The van der Waals surface area contributed by atoms with Crippen LogP contribution in [0.3, 0.4) is 0 Å². The van der Waals surface area contributed by atoms with Gasteiger partial charge in [0.25, 0.3) is 0 Å². The molecule has 0 aromatic heterocycles. The Morgan fingerprint density at radius 2 is 0.654 bits per heavy atom. The molecule has 2 heteroatoms. The van der Waals surface area contributed by atoms with Crippen molar-refractivity contribution in [1.82, 2.24) is 0 Å². The third-order valence-corrected chi connectivity index (χ3v) is 3.11. The molecule has 1 N–H and O–H groups in total. The van der Waals surface area contributed by atoms with E-state index in [-0.39, 0.29) is 0 Å². The lowest BCUT2D eigenvalue weighted by Crippen LogP contribution is -1.63. The molecule has 1 unspecified atom stereocenters. The minimum absolute atomic E-state index is 1.17. The minimum Gasteiger partial charge on any atom is -0.380 e. The van der Waals surface area contributed by atoms with Gasteiger partial charge in [0.15, 0.2) is 0 Å². The van der Waals surface area contributed by atoms with E-state index < -0.39 is 0 Å². The summed E-state index contributed by atoms with van der Waals surface area (Å²) >= 11 is 0. The smallest absolute Gasteiger partial charge is 0.00391 e. The molecular formula is C24H27OP. The molecule has 0 radical (unpaired) electrons. The van der Waals surface area contributed by atoms with Crippen molar-refractivity contribution in [2.24, 2.45) is 0 Å². The van der Waals surface area contributed by atoms with E-state index in [0.717, 1.165) is 0 Å². The molecule has 0 aliphatic rings. The van der Waals surface area contributed by atoms with E-state index >= 15 is 0 Å². The van der Waals surface area contributed by atoms with Crippen molar-refractivity contribution in [2.75, 3.05) is 0 Å². The van der Waals surface area contributed by atoms with Crippen LogP contribution in [0, 0.1) is 0 Å². The summed E-state index contributed by atoms with van der Waals surface area (Å²) in [6.07, 6.45) is 5.50. The van der Waals surface area contributed by atoms with E-state index in [9.17, 15) is 0 Å². The van der Waals surface area contributed by atoms with Gasteiger partial charge in [0.1, 0.15) is 0 Å². The lowest BCUT2D eigenvalue weighted by molar-refractivity contribution is 0.664. The highest BCUT2D eigenvalue weighted by atomic mass is 31.0. The van der Waals surface area contributed by atoms with Gasteiger partial charge in [-0.25, -0.2) is 0 Å². The highest BCUT2D eigenvalue weighted by Crippen LogP contribution is 1.98. The van der Waals surface area contributed by atoms with E-state index in [1.807, 2.05) is 109 Å². The molecule has 1 nitrogen and oxygen atoms in total.